The number of aromatic carboxylic acids is 1. The number of hydrogen-bond donors (Lipinski definition) is 4. The summed E-state index contributed by atoms with van der Waals surface area (Å²) in [6.45, 7) is 0.121. The fraction of sp³-hybridized carbons (Fsp3) is 0.219. The number of nitrogens with one attached hydrogen (secondary N) is 2. The van der Waals surface area contributed by atoms with Crippen molar-refractivity contribution in [2.45, 2.75) is 19.3 Å². The van der Waals surface area contributed by atoms with E-state index < -0.39 is 29.7 Å². The first-order chi connectivity index (χ1) is 22.5. The van der Waals surface area contributed by atoms with Crippen molar-refractivity contribution in [1.29, 1.82) is 0 Å². The van der Waals surface area contributed by atoms with E-state index in [1.165, 1.54) is 48.5 Å². The molecule has 0 saturated carbocycles. The summed E-state index contributed by atoms with van der Waals surface area (Å²) < 4.78 is 5.83. The third kappa shape index (κ3) is 7.58. The van der Waals surface area contributed by atoms with E-state index in [4.69, 9.17) is 9.25 Å². The van der Waals surface area contributed by atoms with Crippen molar-refractivity contribution in [1.82, 2.24) is 15.7 Å². The van der Waals surface area contributed by atoms with Crippen LogP contribution < -0.4 is 16.1 Å². The summed E-state index contributed by atoms with van der Waals surface area (Å²) in [5, 5.41) is 26.3. The highest BCUT2D eigenvalue weighted by molar-refractivity contribution is 7.99. The van der Waals surface area contributed by atoms with Crippen LogP contribution >= 0.6 is 11.8 Å². The summed E-state index contributed by atoms with van der Waals surface area (Å²) in [5.41, 5.74) is 0.962. The number of carbonyl (C=O) groups excluding carboxylic acids is 5. The van der Waals surface area contributed by atoms with Crippen molar-refractivity contribution < 1.29 is 48.2 Å². The van der Waals surface area contributed by atoms with Gasteiger partial charge >= 0.3 is 11.9 Å². The Morgan fingerprint density at radius 1 is 0.894 bits per heavy atom. The largest absolute Gasteiger partial charge is 0.508 e. The van der Waals surface area contributed by atoms with E-state index in [1.54, 1.807) is 6.07 Å². The summed E-state index contributed by atoms with van der Waals surface area (Å²) in [7, 11) is 0. The maximum atomic E-state index is 12.9. The molecule has 0 aromatic heterocycles. The molecule has 47 heavy (non-hydrogen) atoms. The molecule has 14 nitrogen and oxygen atoms in total. The molecule has 0 unspecified atom stereocenters. The van der Waals surface area contributed by atoms with Gasteiger partial charge in [-0.2, -0.15) is 11.8 Å². The van der Waals surface area contributed by atoms with Crippen LogP contribution in [0.5, 0.6) is 5.75 Å². The van der Waals surface area contributed by atoms with E-state index in [0.29, 0.717) is 21.6 Å². The smallest absolute Gasteiger partial charge is 0.336 e. The minimum atomic E-state index is -1.30. The molecule has 0 bridgehead atoms. The van der Waals surface area contributed by atoms with Crippen LogP contribution in [0.2, 0.25) is 0 Å². The molecule has 242 valence electrons. The number of rotatable bonds is 12. The second kappa shape index (κ2) is 14.2. The number of benzene rings is 3. The maximum absolute atomic E-state index is 12.9. The molecule has 3 aliphatic rings. The molecule has 0 radical (unpaired) electrons. The Morgan fingerprint density at radius 2 is 1.62 bits per heavy atom. The van der Waals surface area contributed by atoms with Crippen molar-refractivity contribution in [2.75, 3.05) is 24.6 Å². The van der Waals surface area contributed by atoms with Crippen LogP contribution in [0.15, 0.2) is 63.8 Å². The lowest BCUT2D eigenvalue weighted by Crippen LogP contribution is -2.35. The molecule has 2 aromatic carbocycles. The lowest BCUT2D eigenvalue weighted by atomic mass is 9.90. The summed E-state index contributed by atoms with van der Waals surface area (Å²) >= 11 is 1.14. The summed E-state index contributed by atoms with van der Waals surface area (Å²) in [6, 6.07) is 12.6. The number of nitrogens with zero attached hydrogens (tertiary/aromatic N) is 1. The minimum Gasteiger partial charge on any atom is -0.508 e. The van der Waals surface area contributed by atoms with Crippen LogP contribution in [0.25, 0.3) is 33.4 Å². The Labute approximate surface area is 270 Å². The van der Waals surface area contributed by atoms with E-state index >= 15 is 0 Å². The van der Waals surface area contributed by atoms with Gasteiger partial charge in [0.25, 0.3) is 17.7 Å². The number of fused-ring (bicyclic) bond motifs is 2. The third-order valence-corrected chi connectivity index (χ3v) is 8.03. The quantitative estimate of drug-likeness (QED) is 0.0981. The summed E-state index contributed by atoms with van der Waals surface area (Å²) in [5.74, 6) is -3.80. The standard InChI is InChI=1S/C32H27N3O11S/c36-18-2-5-21-24(14-18)45-25-15-19(37)3-6-22(25)30(21)20-4-1-17(13-23(20)32(43)44)31(42)34-11-10-33-26(38)16-47-12-9-29(41)46-35-27(39)7-8-28(35)40/h1-6,13-15,36H,7-12,16H2,(H,33,38)(H,34,42)(H,43,44). The average molecular weight is 662 g/mol. The van der Waals surface area contributed by atoms with Gasteiger partial charge in [-0.15, -0.1) is 5.06 Å². The lowest BCUT2D eigenvalue weighted by molar-refractivity contribution is -0.197. The molecular formula is C32H27N3O11S. The van der Waals surface area contributed by atoms with Gasteiger partial charge < -0.3 is 30.1 Å². The Kier molecular flexibility index (Phi) is 9.85. The number of aromatic hydroxyl groups is 1. The van der Waals surface area contributed by atoms with E-state index in [-0.39, 0.29) is 89.0 Å². The van der Waals surface area contributed by atoms with Crippen LogP contribution in [-0.2, 0) is 24.0 Å². The van der Waals surface area contributed by atoms with Gasteiger partial charge in [-0.1, -0.05) is 6.07 Å². The fourth-order valence-corrected chi connectivity index (χ4v) is 5.63. The second-order valence-corrected chi connectivity index (χ2v) is 11.4. The Hall–Kier alpha value is -5.70. The first-order valence-corrected chi connectivity index (χ1v) is 15.4. The topological polar surface area (TPSA) is 210 Å². The van der Waals surface area contributed by atoms with Crippen LogP contribution in [0, 0.1) is 0 Å². The zero-order valence-corrected chi connectivity index (χ0v) is 25.4. The molecule has 15 heteroatoms. The van der Waals surface area contributed by atoms with Crippen LogP contribution in [0.1, 0.15) is 40.0 Å². The number of phenolic OH excluding ortho intramolecular Hbond substituents is 1. The predicted octanol–water partition coefficient (Wildman–Crippen LogP) is 2.55. The van der Waals surface area contributed by atoms with Crippen molar-refractivity contribution in [3.05, 3.63) is 75.9 Å². The number of hydroxylamine groups is 2. The molecule has 2 aliphatic heterocycles. The summed E-state index contributed by atoms with van der Waals surface area (Å²) in [6.07, 6.45) is -0.118. The third-order valence-electron chi connectivity index (χ3n) is 7.07. The predicted molar refractivity (Wildman–Crippen MR) is 168 cm³/mol. The molecule has 1 aliphatic carbocycles. The van der Waals surface area contributed by atoms with Crippen molar-refractivity contribution in [3.8, 4) is 28.2 Å². The highest BCUT2D eigenvalue weighted by Gasteiger charge is 2.32. The Bertz CT molecular complexity index is 1940. The normalized spacial score (nSPS) is 12.8. The Balaban J connectivity index is 1.17. The zero-order valence-electron chi connectivity index (χ0n) is 24.6. The number of imide groups is 1. The van der Waals surface area contributed by atoms with Crippen molar-refractivity contribution in [2.24, 2.45) is 0 Å². The van der Waals surface area contributed by atoms with Gasteiger partial charge in [-0.25, -0.2) is 9.59 Å². The van der Waals surface area contributed by atoms with Gasteiger partial charge in [0.2, 0.25) is 5.91 Å². The lowest BCUT2D eigenvalue weighted by Gasteiger charge is -2.17. The first-order valence-electron chi connectivity index (χ1n) is 14.3. The van der Waals surface area contributed by atoms with Gasteiger partial charge in [-0.05, 0) is 42.0 Å². The van der Waals surface area contributed by atoms with Crippen molar-refractivity contribution >= 4 is 58.3 Å². The molecule has 0 atom stereocenters. The molecule has 1 fully saturated rings. The SMILES string of the molecule is O=C(CSCCC(=O)ON1C(=O)CCC1=O)NCCNC(=O)c1ccc(-c2c3ccc(=O)cc-3oc3cc(O)ccc23)c(C(=O)O)c1. The first kappa shape index (κ1) is 32.7. The van der Waals surface area contributed by atoms with Gasteiger partial charge in [0, 0.05) is 65.9 Å². The van der Waals surface area contributed by atoms with Crippen molar-refractivity contribution in [3.63, 3.8) is 0 Å². The molecule has 2 heterocycles. The maximum Gasteiger partial charge on any atom is 0.336 e. The van der Waals surface area contributed by atoms with E-state index in [9.17, 15) is 43.8 Å². The number of phenols is 1. The molecule has 2 aromatic rings. The number of hydrogen-bond acceptors (Lipinski definition) is 11. The van der Waals surface area contributed by atoms with Crippen LogP contribution in [-0.4, -0.2) is 75.4 Å². The number of carbonyl (C=O) groups is 6. The van der Waals surface area contributed by atoms with Gasteiger partial charge in [-0.3, -0.25) is 24.0 Å². The van der Waals surface area contributed by atoms with E-state index in [1.807, 2.05) is 0 Å². The minimum absolute atomic E-state index is 0.00313. The number of carboxylic acids is 1. The van der Waals surface area contributed by atoms with Crippen LogP contribution in [0.4, 0.5) is 0 Å². The second-order valence-electron chi connectivity index (χ2n) is 10.3. The molecule has 0 spiro atoms. The highest BCUT2D eigenvalue weighted by Crippen LogP contribution is 2.42. The van der Waals surface area contributed by atoms with Gasteiger partial charge in [0.05, 0.1) is 17.7 Å². The number of amides is 4. The molecule has 4 amide bonds. The molecule has 5 rings (SSSR count). The van der Waals surface area contributed by atoms with E-state index in [2.05, 4.69) is 10.6 Å². The average Bonchev–Trinajstić information content (AvgIpc) is 3.35. The highest BCUT2D eigenvalue weighted by atomic mass is 32.2. The number of carboxylic acid groups (broad SMARTS) is 1. The monoisotopic (exact) mass is 661 g/mol. The van der Waals surface area contributed by atoms with Crippen LogP contribution in [0.3, 0.4) is 0 Å². The molecule has 1 saturated heterocycles. The van der Waals surface area contributed by atoms with Gasteiger partial charge in [0.15, 0.2) is 5.43 Å². The fourth-order valence-electron chi connectivity index (χ4n) is 4.89. The molecular weight excluding hydrogens is 634 g/mol. The number of thioether (sulfide) groups is 1. The molecule has 4 N–H and O–H groups in total. The van der Waals surface area contributed by atoms with E-state index in [0.717, 1.165) is 11.8 Å². The summed E-state index contributed by atoms with van der Waals surface area (Å²) in [4.78, 5) is 89.0. The Morgan fingerprint density at radius 3 is 2.36 bits per heavy atom. The van der Waals surface area contributed by atoms with Gasteiger partial charge in [0.1, 0.15) is 17.1 Å². The zero-order chi connectivity index (χ0) is 33.7.